The molecule has 1 aromatic rings. The Morgan fingerprint density at radius 3 is 2.67 bits per heavy atom. The number of nitrogens with zero attached hydrogens (tertiary/aromatic N) is 1. The lowest BCUT2D eigenvalue weighted by molar-refractivity contribution is -0.113. The second-order valence-electron chi connectivity index (χ2n) is 3.27. The third-order valence-corrected chi connectivity index (χ3v) is 2.03. The van der Waals surface area contributed by atoms with Gasteiger partial charge in [-0.25, -0.2) is 0 Å². The van der Waals surface area contributed by atoms with E-state index in [1.165, 1.54) is 19.1 Å². The Kier molecular flexibility index (Phi) is 3.25. The van der Waals surface area contributed by atoms with Gasteiger partial charge in [-0.2, -0.15) is 5.26 Å². The first-order valence-corrected chi connectivity index (χ1v) is 4.47. The highest BCUT2D eigenvalue weighted by molar-refractivity contribution is 6.01. The number of nitriles is 1. The molecule has 0 amide bonds. The van der Waals surface area contributed by atoms with E-state index in [1.807, 2.05) is 6.07 Å². The van der Waals surface area contributed by atoms with E-state index in [0.29, 0.717) is 5.56 Å². The van der Waals surface area contributed by atoms with Gasteiger partial charge < -0.3 is 5.11 Å². The highest BCUT2D eigenvalue weighted by Gasteiger charge is 2.03. The SMILES string of the molecule is CC(=O)/C(C#N)=C/c1ccc(O)c(C)c1. The topological polar surface area (TPSA) is 61.1 Å². The second kappa shape index (κ2) is 4.43. The van der Waals surface area contributed by atoms with E-state index in [4.69, 9.17) is 5.26 Å². The van der Waals surface area contributed by atoms with Crippen LogP contribution in [0.2, 0.25) is 0 Å². The predicted octanol–water partition coefficient (Wildman–Crippen LogP) is 2.20. The lowest BCUT2D eigenvalue weighted by Gasteiger charge is -2.00. The minimum Gasteiger partial charge on any atom is -0.508 e. The second-order valence-corrected chi connectivity index (χ2v) is 3.27. The zero-order valence-electron chi connectivity index (χ0n) is 8.61. The van der Waals surface area contributed by atoms with Crippen molar-refractivity contribution < 1.29 is 9.90 Å². The highest BCUT2D eigenvalue weighted by atomic mass is 16.3. The minimum atomic E-state index is -0.261. The average molecular weight is 201 g/mol. The molecule has 0 aliphatic rings. The average Bonchev–Trinajstić information content (AvgIpc) is 2.19. The minimum absolute atomic E-state index is 0.111. The van der Waals surface area contributed by atoms with Gasteiger partial charge in [0.1, 0.15) is 11.8 Å². The molecule has 1 aromatic carbocycles. The van der Waals surface area contributed by atoms with Gasteiger partial charge in [0.25, 0.3) is 0 Å². The molecule has 0 aliphatic carbocycles. The number of carbonyl (C=O) groups excluding carboxylic acids is 1. The fourth-order valence-electron chi connectivity index (χ4n) is 1.15. The number of phenols is 1. The van der Waals surface area contributed by atoms with Crippen LogP contribution in [0.15, 0.2) is 23.8 Å². The normalized spacial score (nSPS) is 10.9. The molecule has 0 spiro atoms. The van der Waals surface area contributed by atoms with Crippen molar-refractivity contribution in [3.63, 3.8) is 0 Å². The third-order valence-electron chi connectivity index (χ3n) is 2.03. The van der Waals surface area contributed by atoms with Gasteiger partial charge in [0.15, 0.2) is 5.78 Å². The van der Waals surface area contributed by atoms with Gasteiger partial charge in [-0.1, -0.05) is 6.07 Å². The number of benzene rings is 1. The molecule has 0 atom stereocenters. The van der Waals surface area contributed by atoms with Gasteiger partial charge in [0.05, 0.1) is 5.57 Å². The third kappa shape index (κ3) is 2.68. The van der Waals surface area contributed by atoms with Crippen molar-refractivity contribution in [2.75, 3.05) is 0 Å². The van der Waals surface area contributed by atoms with Crippen LogP contribution in [-0.4, -0.2) is 10.9 Å². The fraction of sp³-hybridized carbons (Fsp3) is 0.167. The van der Waals surface area contributed by atoms with E-state index in [2.05, 4.69) is 0 Å². The van der Waals surface area contributed by atoms with Crippen LogP contribution in [0.3, 0.4) is 0 Å². The van der Waals surface area contributed by atoms with Gasteiger partial charge >= 0.3 is 0 Å². The van der Waals surface area contributed by atoms with Crippen molar-refractivity contribution in [3.8, 4) is 11.8 Å². The molecule has 1 rings (SSSR count). The van der Waals surface area contributed by atoms with Crippen molar-refractivity contribution in [1.82, 2.24) is 0 Å². The number of hydrogen-bond acceptors (Lipinski definition) is 3. The van der Waals surface area contributed by atoms with Crippen molar-refractivity contribution in [2.24, 2.45) is 0 Å². The maximum atomic E-state index is 11.0. The van der Waals surface area contributed by atoms with Crippen LogP contribution in [0.1, 0.15) is 18.1 Å². The quantitative estimate of drug-likeness (QED) is 0.589. The number of rotatable bonds is 2. The lowest BCUT2D eigenvalue weighted by atomic mass is 10.1. The molecule has 0 saturated heterocycles. The first kappa shape index (κ1) is 11.0. The van der Waals surface area contributed by atoms with Gasteiger partial charge in [0, 0.05) is 0 Å². The van der Waals surface area contributed by atoms with Crippen LogP contribution in [-0.2, 0) is 4.79 Å². The van der Waals surface area contributed by atoms with E-state index >= 15 is 0 Å². The first-order valence-electron chi connectivity index (χ1n) is 4.47. The van der Waals surface area contributed by atoms with E-state index in [-0.39, 0.29) is 17.1 Å². The Hall–Kier alpha value is -2.08. The van der Waals surface area contributed by atoms with Gasteiger partial charge in [0.2, 0.25) is 0 Å². The Balaban J connectivity index is 3.14. The van der Waals surface area contributed by atoms with Crippen LogP contribution >= 0.6 is 0 Å². The summed E-state index contributed by atoms with van der Waals surface area (Å²) >= 11 is 0. The number of hydrogen-bond donors (Lipinski definition) is 1. The van der Waals surface area contributed by atoms with Gasteiger partial charge in [-0.05, 0) is 43.2 Å². The summed E-state index contributed by atoms with van der Waals surface area (Å²) in [6, 6.07) is 6.74. The zero-order chi connectivity index (χ0) is 11.4. The van der Waals surface area contributed by atoms with Gasteiger partial charge in [-0.3, -0.25) is 4.79 Å². The number of carbonyl (C=O) groups is 1. The molecule has 0 aliphatic heterocycles. The summed E-state index contributed by atoms with van der Waals surface area (Å²) in [5.41, 5.74) is 1.56. The molecule has 0 aromatic heterocycles. The van der Waals surface area contributed by atoms with E-state index in [0.717, 1.165) is 5.56 Å². The highest BCUT2D eigenvalue weighted by Crippen LogP contribution is 2.18. The summed E-state index contributed by atoms with van der Waals surface area (Å²) in [4.78, 5) is 11.0. The summed E-state index contributed by atoms with van der Waals surface area (Å²) in [5, 5.41) is 18.0. The van der Waals surface area contributed by atoms with E-state index in [9.17, 15) is 9.90 Å². The summed E-state index contributed by atoms with van der Waals surface area (Å²) < 4.78 is 0. The van der Waals surface area contributed by atoms with E-state index in [1.54, 1.807) is 19.1 Å². The first-order chi connectivity index (χ1) is 7.04. The van der Waals surface area contributed by atoms with E-state index < -0.39 is 0 Å². The van der Waals surface area contributed by atoms with Crippen molar-refractivity contribution in [2.45, 2.75) is 13.8 Å². The Morgan fingerprint density at radius 2 is 2.20 bits per heavy atom. The number of allylic oxidation sites excluding steroid dienone is 1. The molecule has 0 heterocycles. The monoisotopic (exact) mass is 201 g/mol. The molecule has 3 heteroatoms. The van der Waals surface area contributed by atoms with Crippen LogP contribution in [0.4, 0.5) is 0 Å². The number of aromatic hydroxyl groups is 1. The number of phenolic OH excluding ortho intramolecular Hbond substituents is 1. The molecule has 0 saturated carbocycles. The molecule has 76 valence electrons. The molecule has 0 unspecified atom stereocenters. The van der Waals surface area contributed by atoms with Crippen molar-refractivity contribution >= 4 is 11.9 Å². The standard InChI is InChI=1S/C12H11NO2/c1-8-5-10(3-4-12(8)15)6-11(7-13)9(2)14/h3-6,15H,1-2H3/b11-6+. The molecule has 15 heavy (non-hydrogen) atoms. The summed E-state index contributed by atoms with van der Waals surface area (Å²) in [6.07, 6.45) is 1.51. The molecule has 1 N–H and O–H groups in total. The Morgan fingerprint density at radius 1 is 1.53 bits per heavy atom. The molecule has 0 radical (unpaired) electrons. The lowest BCUT2D eigenvalue weighted by Crippen LogP contribution is -1.93. The summed E-state index contributed by atoms with van der Waals surface area (Å²) in [6.45, 7) is 3.11. The molecule has 0 bridgehead atoms. The van der Waals surface area contributed by atoms with Crippen molar-refractivity contribution in [1.29, 1.82) is 5.26 Å². The largest absolute Gasteiger partial charge is 0.508 e. The summed E-state index contributed by atoms with van der Waals surface area (Å²) in [7, 11) is 0. The van der Waals surface area contributed by atoms with Gasteiger partial charge in [-0.15, -0.1) is 0 Å². The molecule has 3 nitrogen and oxygen atoms in total. The Bertz CT molecular complexity index is 467. The Labute approximate surface area is 88.3 Å². The van der Waals surface area contributed by atoms with Crippen LogP contribution in [0, 0.1) is 18.3 Å². The summed E-state index contributed by atoms with van der Waals surface area (Å²) in [5.74, 6) is -0.0586. The number of aryl methyl sites for hydroxylation is 1. The fourth-order valence-corrected chi connectivity index (χ4v) is 1.15. The molecular weight excluding hydrogens is 190 g/mol. The van der Waals surface area contributed by atoms with Crippen molar-refractivity contribution in [3.05, 3.63) is 34.9 Å². The zero-order valence-corrected chi connectivity index (χ0v) is 8.61. The van der Waals surface area contributed by atoms with Crippen LogP contribution < -0.4 is 0 Å². The smallest absolute Gasteiger partial charge is 0.170 e. The van der Waals surface area contributed by atoms with Crippen LogP contribution in [0.5, 0.6) is 5.75 Å². The number of ketones is 1. The molecule has 0 fully saturated rings. The predicted molar refractivity (Wildman–Crippen MR) is 57.1 cm³/mol. The maximum Gasteiger partial charge on any atom is 0.170 e. The maximum absolute atomic E-state index is 11.0. The van der Waals surface area contributed by atoms with Crippen LogP contribution in [0.25, 0.3) is 6.08 Å². The molecular formula is C12H11NO2. The number of Topliss-reactive ketones (excluding diaryl/α,β-unsaturated/α-hetero) is 1.